The Hall–Kier alpha value is -4.34. The van der Waals surface area contributed by atoms with E-state index in [9.17, 15) is 9.59 Å². The molecular weight excluding hydrogens is 600 g/mol. The number of aromatic nitrogens is 1. The first-order valence-electron chi connectivity index (χ1n) is 14.2. The fourth-order valence-corrected chi connectivity index (χ4v) is 6.18. The molecule has 0 spiro atoms. The largest absolute Gasteiger partial charge is 0.496 e. The first kappa shape index (κ1) is 31.1. The van der Waals surface area contributed by atoms with Crippen LogP contribution in [0.1, 0.15) is 49.1 Å². The molecule has 0 saturated heterocycles. The highest BCUT2D eigenvalue weighted by molar-refractivity contribution is 7.07. The molecule has 1 aliphatic rings. The van der Waals surface area contributed by atoms with Crippen LogP contribution in [0.2, 0.25) is 5.02 Å². The summed E-state index contributed by atoms with van der Waals surface area (Å²) in [4.78, 5) is 32.4. The van der Waals surface area contributed by atoms with E-state index in [0.717, 1.165) is 22.3 Å². The number of methoxy groups -OCH3 is 1. The number of halogens is 1. The van der Waals surface area contributed by atoms with Crippen molar-refractivity contribution in [2.24, 2.45) is 4.99 Å². The highest BCUT2D eigenvalue weighted by Crippen LogP contribution is 2.34. The van der Waals surface area contributed by atoms with Crippen LogP contribution in [0, 0.1) is 6.92 Å². The number of thiazole rings is 1. The van der Waals surface area contributed by atoms with Gasteiger partial charge in [0.2, 0.25) is 0 Å². The number of esters is 1. The molecule has 2 heterocycles. The third-order valence-electron chi connectivity index (χ3n) is 7.14. The zero-order valence-electron chi connectivity index (χ0n) is 25.2. The summed E-state index contributed by atoms with van der Waals surface area (Å²) >= 11 is 7.26. The predicted molar refractivity (Wildman–Crippen MR) is 172 cm³/mol. The maximum absolute atomic E-state index is 14.0. The molecule has 0 fully saturated rings. The van der Waals surface area contributed by atoms with Crippen molar-refractivity contribution in [3.8, 4) is 17.2 Å². The molecule has 1 aliphatic heterocycles. The highest BCUT2D eigenvalue weighted by atomic mass is 35.5. The first-order chi connectivity index (χ1) is 21.2. The van der Waals surface area contributed by atoms with Crippen LogP contribution in [-0.2, 0) is 16.1 Å². The molecule has 5 rings (SSSR count). The fraction of sp³-hybridized carbons (Fsp3) is 0.265. The second-order valence-electron chi connectivity index (χ2n) is 10.1. The summed E-state index contributed by atoms with van der Waals surface area (Å²) in [5.74, 6) is 1.30. The number of allylic oxidation sites excluding steroid dienone is 1. The van der Waals surface area contributed by atoms with Gasteiger partial charge < -0.3 is 18.9 Å². The van der Waals surface area contributed by atoms with E-state index in [4.69, 9.17) is 30.5 Å². The Balaban J connectivity index is 1.57. The molecule has 0 N–H and O–H groups in total. The lowest BCUT2D eigenvalue weighted by Gasteiger charge is -2.25. The van der Waals surface area contributed by atoms with Crippen molar-refractivity contribution in [1.29, 1.82) is 0 Å². The number of fused-ring (bicyclic) bond motifs is 1. The molecule has 0 aliphatic carbocycles. The zero-order valence-corrected chi connectivity index (χ0v) is 26.8. The third kappa shape index (κ3) is 6.44. The van der Waals surface area contributed by atoms with Crippen molar-refractivity contribution in [1.82, 2.24) is 4.57 Å². The Morgan fingerprint density at radius 1 is 0.977 bits per heavy atom. The monoisotopic (exact) mass is 632 g/mol. The van der Waals surface area contributed by atoms with Gasteiger partial charge >= 0.3 is 5.97 Å². The number of hydrogen-bond donors (Lipinski definition) is 0. The molecule has 8 nitrogen and oxygen atoms in total. The minimum absolute atomic E-state index is 0.200. The fourth-order valence-electron chi connectivity index (χ4n) is 5.01. The molecule has 1 aromatic heterocycles. The summed E-state index contributed by atoms with van der Waals surface area (Å²) in [6, 6.07) is 17.9. The summed E-state index contributed by atoms with van der Waals surface area (Å²) in [6.07, 6.45) is 1.80. The van der Waals surface area contributed by atoms with Crippen molar-refractivity contribution in [3.05, 3.63) is 119 Å². The molecule has 4 aromatic rings. The van der Waals surface area contributed by atoms with Crippen LogP contribution in [-0.4, -0.2) is 30.9 Å². The quantitative estimate of drug-likeness (QED) is 0.207. The molecule has 10 heteroatoms. The third-order valence-corrected chi connectivity index (χ3v) is 8.37. The van der Waals surface area contributed by atoms with Crippen LogP contribution < -0.4 is 29.1 Å². The highest BCUT2D eigenvalue weighted by Gasteiger charge is 2.33. The van der Waals surface area contributed by atoms with Crippen LogP contribution in [0.25, 0.3) is 6.08 Å². The van der Waals surface area contributed by atoms with Crippen molar-refractivity contribution < 1.29 is 23.7 Å². The number of aryl methyl sites for hydroxylation is 1. The zero-order chi connectivity index (χ0) is 31.4. The normalized spacial score (nSPS) is 14.6. The van der Waals surface area contributed by atoms with Gasteiger partial charge in [0.05, 0.1) is 42.2 Å². The maximum Gasteiger partial charge on any atom is 0.338 e. The second-order valence-corrected chi connectivity index (χ2v) is 11.5. The van der Waals surface area contributed by atoms with E-state index >= 15 is 0 Å². The van der Waals surface area contributed by atoms with Crippen LogP contribution in [0.5, 0.6) is 17.2 Å². The summed E-state index contributed by atoms with van der Waals surface area (Å²) < 4.78 is 24.9. The van der Waals surface area contributed by atoms with E-state index in [0.29, 0.717) is 56.1 Å². The van der Waals surface area contributed by atoms with E-state index in [1.807, 2.05) is 74.5 Å². The average Bonchev–Trinajstić information content (AvgIpc) is 3.31. The van der Waals surface area contributed by atoms with Crippen LogP contribution in [0.3, 0.4) is 0 Å². The van der Waals surface area contributed by atoms with E-state index in [1.54, 1.807) is 31.6 Å². The molecule has 0 radical (unpaired) electrons. The minimum Gasteiger partial charge on any atom is -0.496 e. The summed E-state index contributed by atoms with van der Waals surface area (Å²) in [6.45, 7) is 8.34. The number of nitrogens with zero attached hydrogens (tertiary/aromatic N) is 2. The number of carbonyl (C=O) groups excluding carboxylic acids is 1. The van der Waals surface area contributed by atoms with E-state index in [-0.39, 0.29) is 12.2 Å². The molecule has 228 valence electrons. The Morgan fingerprint density at radius 2 is 1.75 bits per heavy atom. The van der Waals surface area contributed by atoms with Gasteiger partial charge in [-0.05, 0) is 86.4 Å². The van der Waals surface area contributed by atoms with Gasteiger partial charge in [-0.15, -0.1) is 0 Å². The summed E-state index contributed by atoms with van der Waals surface area (Å²) in [5.41, 5.74) is 3.94. The molecule has 3 aromatic carbocycles. The van der Waals surface area contributed by atoms with Gasteiger partial charge in [-0.1, -0.05) is 53.3 Å². The topological polar surface area (TPSA) is 88.4 Å². The van der Waals surface area contributed by atoms with Crippen LogP contribution in [0.15, 0.2) is 81.7 Å². The smallest absolute Gasteiger partial charge is 0.338 e. The molecule has 0 bridgehead atoms. The Labute approximate surface area is 264 Å². The lowest BCUT2D eigenvalue weighted by molar-refractivity contribution is -0.139. The summed E-state index contributed by atoms with van der Waals surface area (Å²) in [5, 5.41) is 0.663. The predicted octanol–water partition coefficient (Wildman–Crippen LogP) is 5.75. The van der Waals surface area contributed by atoms with Gasteiger partial charge in [0.25, 0.3) is 5.56 Å². The molecule has 1 atom stereocenters. The Bertz CT molecular complexity index is 1910. The molecule has 0 unspecified atom stereocenters. The SMILES string of the molecule is CCOC(=O)C1=C(C)N=c2s/c(=C/c3ccc(OCc4ccc(Cl)cc4)c(OCC)c3)c(=O)n2[C@@H]1c1ccc(C)c(OC)c1. The Morgan fingerprint density at radius 3 is 2.45 bits per heavy atom. The summed E-state index contributed by atoms with van der Waals surface area (Å²) in [7, 11) is 1.59. The van der Waals surface area contributed by atoms with E-state index < -0.39 is 12.0 Å². The van der Waals surface area contributed by atoms with Crippen LogP contribution in [0.4, 0.5) is 0 Å². The van der Waals surface area contributed by atoms with Crippen LogP contribution >= 0.6 is 22.9 Å². The van der Waals surface area contributed by atoms with Crippen molar-refractivity contribution in [2.75, 3.05) is 20.3 Å². The number of benzene rings is 3. The van der Waals surface area contributed by atoms with Gasteiger partial charge in [-0.3, -0.25) is 9.36 Å². The van der Waals surface area contributed by atoms with Gasteiger partial charge in [0.15, 0.2) is 16.3 Å². The maximum atomic E-state index is 14.0. The molecule has 44 heavy (non-hydrogen) atoms. The van der Waals surface area contributed by atoms with E-state index in [1.165, 1.54) is 11.3 Å². The minimum atomic E-state index is -0.732. The number of rotatable bonds is 10. The van der Waals surface area contributed by atoms with Crippen molar-refractivity contribution in [3.63, 3.8) is 0 Å². The van der Waals surface area contributed by atoms with Crippen molar-refractivity contribution in [2.45, 2.75) is 40.3 Å². The van der Waals surface area contributed by atoms with Gasteiger partial charge in [-0.25, -0.2) is 9.79 Å². The van der Waals surface area contributed by atoms with Gasteiger partial charge in [0.1, 0.15) is 12.4 Å². The lowest BCUT2D eigenvalue weighted by Crippen LogP contribution is -2.40. The lowest BCUT2D eigenvalue weighted by atomic mass is 9.95. The van der Waals surface area contributed by atoms with E-state index in [2.05, 4.69) is 4.99 Å². The Kier molecular flexibility index (Phi) is 9.56. The van der Waals surface area contributed by atoms with Crippen molar-refractivity contribution >= 4 is 35.0 Å². The number of carbonyl (C=O) groups is 1. The molecule has 0 saturated carbocycles. The van der Waals surface area contributed by atoms with Gasteiger partial charge in [-0.2, -0.15) is 0 Å². The standard InChI is InChI=1S/C34H33ClN2O6S/c1-6-41-28-16-23(11-15-26(28)43-19-22-9-13-25(35)14-10-22)17-29-32(38)37-31(24-12-8-20(3)27(18-24)40-5)30(33(39)42-7-2)21(4)36-34(37)44-29/h8-18,31H,6-7,19H2,1-5H3/b29-17+/t31-/m1/s1. The second kappa shape index (κ2) is 13.5. The average molecular weight is 633 g/mol. The molecular formula is C34H33ClN2O6S. The first-order valence-corrected chi connectivity index (χ1v) is 15.4. The molecule has 0 amide bonds. The number of hydrogen-bond acceptors (Lipinski definition) is 8. The van der Waals surface area contributed by atoms with Gasteiger partial charge in [0, 0.05) is 5.02 Å². The number of ether oxygens (including phenoxy) is 4.